The average Bonchev–Trinajstić information content (AvgIpc) is 2.62. The Bertz CT molecular complexity index is 718. The summed E-state index contributed by atoms with van der Waals surface area (Å²) < 4.78 is 0. The molecule has 4 nitrogen and oxygen atoms in total. The number of nitrogens with one attached hydrogen (secondary N) is 1. The highest BCUT2D eigenvalue weighted by Gasteiger charge is 2.20. The van der Waals surface area contributed by atoms with E-state index in [2.05, 4.69) is 17.4 Å². The van der Waals surface area contributed by atoms with Crippen LogP contribution in [0.15, 0.2) is 54.6 Å². The summed E-state index contributed by atoms with van der Waals surface area (Å²) in [5.74, 6) is 0.639. The van der Waals surface area contributed by atoms with E-state index in [-0.39, 0.29) is 17.6 Å². The van der Waals surface area contributed by atoms with E-state index < -0.39 is 0 Å². The molecule has 1 N–H and O–H groups in total. The number of thioether (sulfide) groups is 1. The van der Waals surface area contributed by atoms with E-state index in [0.29, 0.717) is 12.3 Å². The molecule has 24 heavy (non-hydrogen) atoms. The number of carbonyl (C=O) groups is 2. The number of anilines is 1. The van der Waals surface area contributed by atoms with Crippen molar-refractivity contribution >= 4 is 29.3 Å². The second kappa shape index (κ2) is 8.02. The summed E-state index contributed by atoms with van der Waals surface area (Å²) in [5.41, 5.74) is 3.34. The van der Waals surface area contributed by atoms with E-state index >= 15 is 0 Å². The van der Waals surface area contributed by atoms with Crippen LogP contribution in [0.3, 0.4) is 0 Å². The minimum absolute atomic E-state index is 0.0806. The van der Waals surface area contributed by atoms with Gasteiger partial charge in [-0.05, 0) is 29.7 Å². The summed E-state index contributed by atoms with van der Waals surface area (Å²) in [6, 6.07) is 17.6. The number of rotatable bonds is 5. The highest BCUT2D eigenvalue weighted by Crippen LogP contribution is 2.19. The topological polar surface area (TPSA) is 49.4 Å². The standard InChI is InChI=1S/C19H20N2O2S/c22-18(20-17-8-2-1-3-9-17)13-24-14-19(23)21-11-10-15-6-4-5-7-16(15)12-21/h1-9H,10-14H2,(H,20,22). The van der Waals surface area contributed by atoms with Gasteiger partial charge in [0.25, 0.3) is 0 Å². The Morgan fingerprint density at radius 1 is 0.958 bits per heavy atom. The zero-order chi connectivity index (χ0) is 16.8. The molecule has 2 amide bonds. The Morgan fingerprint density at radius 2 is 1.67 bits per heavy atom. The summed E-state index contributed by atoms with van der Waals surface area (Å²) in [6.45, 7) is 1.43. The van der Waals surface area contributed by atoms with E-state index in [1.807, 2.05) is 47.4 Å². The van der Waals surface area contributed by atoms with Gasteiger partial charge in [-0.1, -0.05) is 42.5 Å². The van der Waals surface area contributed by atoms with Crippen LogP contribution in [0, 0.1) is 0 Å². The number of fused-ring (bicyclic) bond motifs is 1. The van der Waals surface area contributed by atoms with Crippen molar-refractivity contribution in [2.24, 2.45) is 0 Å². The maximum absolute atomic E-state index is 12.3. The van der Waals surface area contributed by atoms with Gasteiger partial charge < -0.3 is 10.2 Å². The Labute approximate surface area is 146 Å². The summed E-state index contributed by atoms with van der Waals surface area (Å²) in [6.07, 6.45) is 0.904. The Hall–Kier alpha value is -2.27. The minimum Gasteiger partial charge on any atom is -0.337 e. The van der Waals surface area contributed by atoms with Crippen LogP contribution in [0.4, 0.5) is 5.69 Å². The van der Waals surface area contributed by atoms with Crippen LogP contribution in [0.1, 0.15) is 11.1 Å². The van der Waals surface area contributed by atoms with E-state index in [1.165, 1.54) is 22.9 Å². The highest BCUT2D eigenvalue weighted by atomic mass is 32.2. The fourth-order valence-corrected chi connectivity index (χ4v) is 3.47. The Kier molecular flexibility index (Phi) is 5.54. The van der Waals surface area contributed by atoms with Crippen LogP contribution >= 0.6 is 11.8 Å². The van der Waals surface area contributed by atoms with Crippen molar-refractivity contribution in [3.8, 4) is 0 Å². The van der Waals surface area contributed by atoms with Gasteiger partial charge in [0, 0.05) is 18.8 Å². The monoisotopic (exact) mass is 340 g/mol. The molecule has 3 rings (SSSR count). The molecule has 1 aliphatic rings. The zero-order valence-corrected chi connectivity index (χ0v) is 14.2. The van der Waals surface area contributed by atoms with Crippen LogP contribution in [0.25, 0.3) is 0 Å². The lowest BCUT2D eigenvalue weighted by Crippen LogP contribution is -2.37. The summed E-state index contributed by atoms with van der Waals surface area (Å²) >= 11 is 1.36. The fraction of sp³-hybridized carbons (Fsp3) is 0.263. The van der Waals surface area contributed by atoms with Crippen molar-refractivity contribution in [3.63, 3.8) is 0 Å². The third-order valence-electron chi connectivity index (χ3n) is 4.00. The number of benzene rings is 2. The van der Waals surface area contributed by atoms with Crippen molar-refractivity contribution in [1.29, 1.82) is 0 Å². The van der Waals surface area contributed by atoms with Crippen LogP contribution < -0.4 is 5.32 Å². The first kappa shape index (κ1) is 16.6. The maximum atomic E-state index is 12.3. The Balaban J connectivity index is 1.42. The number of hydrogen-bond acceptors (Lipinski definition) is 3. The van der Waals surface area contributed by atoms with Gasteiger partial charge >= 0.3 is 0 Å². The first-order valence-corrected chi connectivity index (χ1v) is 9.15. The first-order chi connectivity index (χ1) is 11.7. The third kappa shape index (κ3) is 4.38. The number of amides is 2. The predicted molar refractivity (Wildman–Crippen MR) is 98.0 cm³/mol. The molecule has 2 aromatic carbocycles. The van der Waals surface area contributed by atoms with Gasteiger partial charge in [0.15, 0.2) is 0 Å². The van der Waals surface area contributed by atoms with Crippen LogP contribution in [0.5, 0.6) is 0 Å². The summed E-state index contributed by atoms with van der Waals surface area (Å²) in [7, 11) is 0. The van der Waals surface area contributed by atoms with Gasteiger partial charge in [-0.2, -0.15) is 0 Å². The van der Waals surface area contributed by atoms with E-state index in [9.17, 15) is 9.59 Å². The second-order valence-electron chi connectivity index (χ2n) is 5.74. The summed E-state index contributed by atoms with van der Waals surface area (Å²) in [4.78, 5) is 26.1. The normalized spacial score (nSPS) is 13.2. The quantitative estimate of drug-likeness (QED) is 0.910. The van der Waals surface area contributed by atoms with Crippen molar-refractivity contribution in [2.75, 3.05) is 23.4 Å². The van der Waals surface area contributed by atoms with Crippen LogP contribution in [0.2, 0.25) is 0 Å². The largest absolute Gasteiger partial charge is 0.337 e. The van der Waals surface area contributed by atoms with Gasteiger partial charge in [-0.3, -0.25) is 9.59 Å². The van der Waals surface area contributed by atoms with Crippen LogP contribution in [-0.4, -0.2) is 34.8 Å². The minimum atomic E-state index is -0.0806. The van der Waals surface area contributed by atoms with Gasteiger partial charge in [-0.15, -0.1) is 11.8 Å². The number of carbonyl (C=O) groups excluding carboxylic acids is 2. The molecule has 5 heteroatoms. The molecule has 124 valence electrons. The second-order valence-corrected chi connectivity index (χ2v) is 6.73. The molecule has 0 atom stereocenters. The molecule has 0 fully saturated rings. The SMILES string of the molecule is O=C(CSCC(=O)N1CCc2ccccc2C1)Nc1ccccc1. The zero-order valence-electron chi connectivity index (χ0n) is 13.4. The van der Waals surface area contributed by atoms with Crippen molar-refractivity contribution in [3.05, 3.63) is 65.7 Å². The maximum Gasteiger partial charge on any atom is 0.234 e. The van der Waals surface area contributed by atoms with E-state index in [4.69, 9.17) is 0 Å². The molecule has 1 heterocycles. The van der Waals surface area contributed by atoms with Crippen molar-refractivity contribution in [1.82, 2.24) is 4.90 Å². The number of para-hydroxylation sites is 1. The molecule has 0 aromatic heterocycles. The molecular formula is C19H20N2O2S. The molecule has 0 saturated heterocycles. The highest BCUT2D eigenvalue weighted by molar-refractivity contribution is 8.00. The van der Waals surface area contributed by atoms with E-state index in [1.54, 1.807) is 0 Å². The molecule has 0 bridgehead atoms. The number of nitrogens with zero attached hydrogens (tertiary/aromatic N) is 1. The number of hydrogen-bond donors (Lipinski definition) is 1. The Morgan fingerprint density at radius 3 is 2.46 bits per heavy atom. The van der Waals surface area contributed by atoms with Gasteiger partial charge in [0.05, 0.1) is 11.5 Å². The lowest BCUT2D eigenvalue weighted by molar-refractivity contribution is -0.129. The first-order valence-electron chi connectivity index (χ1n) is 7.99. The van der Waals surface area contributed by atoms with Crippen LogP contribution in [-0.2, 0) is 22.6 Å². The molecule has 2 aromatic rings. The van der Waals surface area contributed by atoms with E-state index in [0.717, 1.165) is 18.7 Å². The van der Waals surface area contributed by atoms with Crippen molar-refractivity contribution < 1.29 is 9.59 Å². The average molecular weight is 340 g/mol. The fourth-order valence-electron chi connectivity index (χ4n) is 2.75. The molecular weight excluding hydrogens is 320 g/mol. The van der Waals surface area contributed by atoms with Crippen molar-refractivity contribution in [2.45, 2.75) is 13.0 Å². The lowest BCUT2D eigenvalue weighted by atomic mass is 10.00. The molecule has 1 aliphatic heterocycles. The predicted octanol–water partition coefficient (Wildman–Crippen LogP) is 2.94. The molecule has 0 saturated carbocycles. The summed E-state index contributed by atoms with van der Waals surface area (Å²) in [5, 5.41) is 2.82. The van der Waals surface area contributed by atoms with Gasteiger partial charge in [0.1, 0.15) is 0 Å². The molecule has 0 spiro atoms. The molecule has 0 radical (unpaired) electrons. The van der Waals surface area contributed by atoms with Gasteiger partial charge in [0.2, 0.25) is 11.8 Å². The smallest absolute Gasteiger partial charge is 0.234 e. The third-order valence-corrected chi connectivity index (χ3v) is 4.92. The van der Waals surface area contributed by atoms with Gasteiger partial charge in [-0.25, -0.2) is 0 Å². The lowest BCUT2D eigenvalue weighted by Gasteiger charge is -2.28. The molecule has 0 unspecified atom stereocenters. The molecule has 0 aliphatic carbocycles.